The number of thioether (sulfide) groups is 1. The minimum atomic E-state index is -0.110. The molecule has 0 saturated carbocycles. The fraction of sp³-hybridized carbons (Fsp3) is 0.278. The van der Waals surface area contributed by atoms with E-state index in [-0.39, 0.29) is 11.2 Å². The van der Waals surface area contributed by atoms with Gasteiger partial charge in [0.2, 0.25) is 5.91 Å². The molecule has 2 aromatic rings. The van der Waals surface area contributed by atoms with Crippen molar-refractivity contribution in [3.8, 4) is 5.75 Å². The summed E-state index contributed by atoms with van der Waals surface area (Å²) in [6, 6.07) is 15.6. The third-order valence-electron chi connectivity index (χ3n) is 3.48. The average molecular weight is 315 g/mol. The first-order valence-electron chi connectivity index (χ1n) is 7.21. The average Bonchev–Trinajstić information content (AvgIpc) is 2.54. The SMILES string of the molecule is COc1ccc(NC(=O)C(C)SCc2ccccc2C)cc1. The maximum atomic E-state index is 12.2. The van der Waals surface area contributed by atoms with Crippen LogP contribution < -0.4 is 10.1 Å². The van der Waals surface area contributed by atoms with Gasteiger partial charge in [-0.15, -0.1) is 11.8 Å². The van der Waals surface area contributed by atoms with Crippen molar-refractivity contribution in [2.75, 3.05) is 12.4 Å². The Morgan fingerprint density at radius 1 is 1.18 bits per heavy atom. The minimum Gasteiger partial charge on any atom is -0.497 e. The molecule has 1 atom stereocenters. The summed E-state index contributed by atoms with van der Waals surface area (Å²) in [4.78, 5) is 12.2. The van der Waals surface area contributed by atoms with Gasteiger partial charge in [0.15, 0.2) is 0 Å². The molecule has 0 aliphatic heterocycles. The van der Waals surface area contributed by atoms with Gasteiger partial charge in [0.25, 0.3) is 0 Å². The Bertz CT molecular complexity index is 625. The number of hydrogen-bond donors (Lipinski definition) is 1. The van der Waals surface area contributed by atoms with Crippen LogP contribution >= 0.6 is 11.8 Å². The second kappa shape index (κ2) is 7.90. The van der Waals surface area contributed by atoms with Crippen LogP contribution in [-0.4, -0.2) is 18.3 Å². The van der Waals surface area contributed by atoms with Crippen LogP contribution in [0.2, 0.25) is 0 Å². The molecule has 116 valence electrons. The first kappa shape index (κ1) is 16.4. The van der Waals surface area contributed by atoms with Crippen LogP contribution in [0.5, 0.6) is 5.75 Å². The highest BCUT2D eigenvalue weighted by Crippen LogP contribution is 2.22. The Morgan fingerprint density at radius 3 is 2.50 bits per heavy atom. The molecule has 0 bridgehead atoms. The number of carbonyl (C=O) groups excluding carboxylic acids is 1. The molecule has 2 aromatic carbocycles. The number of carbonyl (C=O) groups is 1. The zero-order chi connectivity index (χ0) is 15.9. The van der Waals surface area contributed by atoms with E-state index in [1.165, 1.54) is 11.1 Å². The predicted octanol–water partition coefficient (Wildman–Crippen LogP) is 4.26. The molecule has 0 spiro atoms. The Labute approximate surface area is 136 Å². The van der Waals surface area contributed by atoms with E-state index in [4.69, 9.17) is 4.74 Å². The van der Waals surface area contributed by atoms with Gasteiger partial charge < -0.3 is 10.1 Å². The zero-order valence-corrected chi connectivity index (χ0v) is 13.9. The largest absolute Gasteiger partial charge is 0.497 e. The van der Waals surface area contributed by atoms with Gasteiger partial charge in [-0.1, -0.05) is 24.3 Å². The Hall–Kier alpha value is -1.94. The molecule has 0 saturated heterocycles. The normalized spacial score (nSPS) is 11.8. The minimum absolute atomic E-state index is 0.0174. The summed E-state index contributed by atoms with van der Waals surface area (Å²) in [6.45, 7) is 4.03. The van der Waals surface area contributed by atoms with Crippen molar-refractivity contribution < 1.29 is 9.53 Å². The maximum Gasteiger partial charge on any atom is 0.237 e. The smallest absolute Gasteiger partial charge is 0.237 e. The highest BCUT2D eigenvalue weighted by atomic mass is 32.2. The summed E-state index contributed by atoms with van der Waals surface area (Å²) < 4.78 is 5.10. The van der Waals surface area contributed by atoms with Crippen molar-refractivity contribution in [1.29, 1.82) is 0 Å². The molecule has 22 heavy (non-hydrogen) atoms. The number of hydrogen-bond acceptors (Lipinski definition) is 3. The van der Waals surface area contributed by atoms with E-state index in [9.17, 15) is 4.79 Å². The molecule has 1 unspecified atom stereocenters. The van der Waals surface area contributed by atoms with Crippen LogP contribution in [-0.2, 0) is 10.5 Å². The first-order chi connectivity index (χ1) is 10.6. The summed E-state index contributed by atoms with van der Waals surface area (Å²) in [7, 11) is 1.62. The molecular weight excluding hydrogens is 294 g/mol. The quantitative estimate of drug-likeness (QED) is 0.865. The van der Waals surface area contributed by atoms with Gasteiger partial charge in [-0.3, -0.25) is 4.79 Å². The highest BCUT2D eigenvalue weighted by Gasteiger charge is 2.14. The summed E-state index contributed by atoms with van der Waals surface area (Å²) in [6.07, 6.45) is 0. The molecule has 0 aliphatic rings. The summed E-state index contributed by atoms with van der Waals surface area (Å²) >= 11 is 1.64. The molecule has 2 rings (SSSR count). The van der Waals surface area contributed by atoms with Crippen molar-refractivity contribution in [1.82, 2.24) is 0 Å². The van der Waals surface area contributed by atoms with Gasteiger partial charge in [0, 0.05) is 11.4 Å². The first-order valence-corrected chi connectivity index (χ1v) is 8.26. The van der Waals surface area contributed by atoms with Crippen molar-refractivity contribution in [3.63, 3.8) is 0 Å². The highest BCUT2D eigenvalue weighted by molar-refractivity contribution is 7.99. The van der Waals surface area contributed by atoms with Crippen molar-refractivity contribution in [3.05, 3.63) is 59.7 Å². The second-order valence-corrected chi connectivity index (χ2v) is 6.43. The molecule has 3 nitrogen and oxygen atoms in total. The monoisotopic (exact) mass is 315 g/mol. The molecule has 0 heterocycles. The number of rotatable bonds is 6. The lowest BCUT2D eigenvalue weighted by Crippen LogP contribution is -2.22. The van der Waals surface area contributed by atoms with E-state index in [0.29, 0.717) is 0 Å². The number of nitrogens with one attached hydrogen (secondary N) is 1. The third kappa shape index (κ3) is 4.53. The maximum absolute atomic E-state index is 12.2. The molecule has 0 aliphatic carbocycles. The zero-order valence-electron chi connectivity index (χ0n) is 13.1. The van der Waals surface area contributed by atoms with E-state index < -0.39 is 0 Å². The lowest BCUT2D eigenvalue weighted by molar-refractivity contribution is -0.115. The Balaban J connectivity index is 1.87. The standard InChI is InChI=1S/C18H21NO2S/c1-13-6-4-5-7-15(13)12-22-14(2)18(20)19-16-8-10-17(21-3)11-9-16/h4-11,14H,12H2,1-3H3,(H,19,20). The number of methoxy groups -OCH3 is 1. The lowest BCUT2D eigenvalue weighted by Gasteiger charge is -2.13. The van der Waals surface area contributed by atoms with E-state index >= 15 is 0 Å². The fourth-order valence-corrected chi connectivity index (χ4v) is 2.94. The summed E-state index contributed by atoms with van der Waals surface area (Å²) in [5, 5.41) is 2.82. The lowest BCUT2D eigenvalue weighted by atomic mass is 10.1. The van der Waals surface area contributed by atoms with Gasteiger partial charge >= 0.3 is 0 Å². The van der Waals surface area contributed by atoms with Gasteiger partial charge in [0.05, 0.1) is 12.4 Å². The number of aryl methyl sites for hydroxylation is 1. The number of anilines is 1. The topological polar surface area (TPSA) is 38.3 Å². The molecule has 0 fully saturated rings. The molecule has 0 radical (unpaired) electrons. The number of amides is 1. The van der Waals surface area contributed by atoms with E-state index in [1.54, 1.807) is 18.9 Å². The van der Waals surface area contributed by atoms with Crippen molar-refractivity contribution >= 4 is 23.4 Å². The van der Waals surface area contributed by atoms with Crippen LogP contribution in [0.15, 0.2) is 48.5 Å². The van der Waals surface area contributed by atoms with Crippen molar-refractivity contribution in [2.24, 2.45) is 0 Å². The molecule has 1 amide bonds. The number of ether oxygens (including phenoxy) is 1. The predicted molar refractivity (Wildman–Crippen MR) is 93.6 cm³/mol. The number of benzene rings is 2. The van der Waals surface area contributed by atoms with Crippen LogP contribution in [0, 0.1) is 6.92 Å². The van der Waals surface area contributed by atoms with E-state index in [1.807, 2.05) is 43.3 Å². The van der Waals surface area contributed by atoms with E-state index in [0.717, 1.165) is 17.2 Å². The molecule has 1 N–H and O–H groups in total. The third-order valence-corrected chi connectivity index (χ3v) is 4.67. The van der Waals surface area contributed by atoms with Crippen LogP contribution in [0.1, 0.15) is 18.1 Å². The Kier molecular flexibility index (Phi) is 5.90. The van der Waals surface area contributed by atoms with Crippen LogP contribution in [0.3, 0.4) is 0 Å². The Morgan fingerprint density at radius 2 is 1.86 bits per heavy atom. The van der Waals surface area contributed by atoms with Gasteiger partial charge in [-0.25, -0.2) is 0 Å². The van der Waals surface area contributed by atoms with Gasteiger partial charge in [0.1, 0.15) is 5.75 Å². The van der Waals surface area contributed by atoms with Crippen LogP contribution in [0.4, 0.5) is 5.69 Å². The van der Waals surface area contributed by atoms with Gasteiger partial charge in [-0.05, 0) is 49.2 Å². The summed E-state index contributed by atoms with van der Waals surface area (Å²) in [5.74, 6) is 1.63. The molecule has 4 heteroatoms. The molecular formula is C18H21NO2S. The van der Waals surface area contributed by atoms with Crippen molar-refractivity contribution in [2.45, 2.75) is 24.9 Å². The van der Waals surface area contributed by atoms with Crippen LogP contribution in [0.25, 0.3) is 0 Å². The summed E-state index contributed by atoms with van der Waals surface area (Å²) in [5.41, 5.74) is 3.32. The fourth-order valence-electron chi connectivity index (χ4n) is 1.98. The van der Waals surface area contributed by atoms with Gasteiger partial charge in [-0.2, -0.15) is 0 Å². The second-order valence-electron chi connectivity index (χ2n) is 5.10. The molecule has 0 aromatic heterocycles. The van der Waals surface area contributed by atoms with E-state index in [2.05, 4.69) is 24.4 Å².